The summed E-state index contributed by atoms with van der Waals surface area (Å²) in [6, 6.07) is 7.34. The first-order valence-corrected chi connectivity index (χ1v) is 7.98. The number of anilines is 1. The third-order valence-electron chi connectivity index (χ3n) is 3.93. The average molecular weight is 380 g/mol. The van der Waals surface area contributed by atoms with E-state index in [0.717, 1.165) is 0 Å². The molecule has 0 radical (unpaired) electrons. The van der Waals surface area contributed by atoms with Crippen molar-refractivity contribution in [2.45, 2.75) is 19.0 Å². The summed E-state index contributed by atoms with van der Waals surface area (Å²) in [4.78, 5) is 24.1. The van der Waals surface area contributed by atoms with Crippen LogP contribution in [0.5, 0.6) is 0 Å². The molecule has 0 fully saturated rings. The maximum absolute atomic E-state index is 14.0. The van der Waals surface area contributed by atoms with Crippen LogP contribution in [0.2, 0.25) is 0 Å². The van der Waals surface area contributed by atoms with Crippen molar-refractivity contribution in [2.75, 3.05) is 12.4 Å². The van der Waals surface area contributed by atoms with E-state index in [1.807, 2.05) is 0 Å². The zero-order chi connectivity index (χ0) is 16.6. The molecule has 5 nitrogen and oxygen atoms in total. The largest absolute Gasteiger partial charge is 0.374 e. The number of nitrogens with zero attached hydrogens (tertiary/aromatic N) is 1. The Labute approximate surface area is 140 Å². The number of halogens is 2. The van der Waals surface area contributed by atoms with Gasteiger partial charge in [-0.15, -0.1) is 0 Å². The number of benzene rings is 1. The Morgan fingerprint density at radius 1 is 1.35 bits per heavy atom. The van der Waals surface area contributed by atoms with E-state index < -0.39 is 5.82 Å². The average Bonchev–Trinajstić information content (AvgIpc) is 2.94. The van der Waals surface area contributed by atoms with Crippen molar-refractivity contribution < 1.29 is 9.18 Å². The minimum atomic E-state index is -0.391. The molecule has 2 aromatic rings. The lowest BCUT2D eigenvalue weighted by Crippen LogP contribution is -2.27. The zero-order valence-electron chi connectivity index (χ0n) is 12.4. The molecule has 1 unspecified atom stereocenters. The summed E-state index contributed by atoms with van der Waals surface area (Å²) in [5, 5.41) is 5.67. The molecule has 23 heavy (non-hydrogen) atoms. The van der Waals surface area contributed by atoms with Gasteiger partial charge < -0.3 is 15.2 Å². The number of nitrogens with one attached hydrogen (secondary N) is 2. The molecule has 0 saturated heterocycles. The lowest BCUT2D eigenvalue weighted by atomic mass is 10.1. The van der Waals surface area contributed by atoms with E-state index in [9.17, 15) is 14.0 Å². The fraction of sp³-hybridized carbons (Fsp3) is 0.250. The monoisotopic (exact) mass is 379 g/mol. The molecule has 1 amide bonds. The van der Waals surface area contributed by atoms with Crippen LogP contribution in [0.1, 0.15) is 28.5 Å². The Morgan fingerprint density at radius 3 is 2.83 bits per heavy atom. The van der Waals surface area contributed by atoms with Gasteiger partial charge in [-0.3, -0.25) is 9.59 Å². The predicted molar refractivity (Wildman–Crippen MR) is 89.2 cm³/mol. The van der Waals surface area contributed by atoms with Gasteiger partial charge in [-0.05, 0) is 30.7 Å². The summed E-state index contributed by atoms with van der Waals surface area (Å²) in [5.41, 5.74) is 1.21. The molecular formula is C16H15BrFN3O2. The molecule has 1 aliphatic rings. The maximum Gasteiger partial charge on any atom is 0.252 e. The van der Waals surface area contributed by atoms with Crippen molar-refractivity contribution in [1.29, 1.82) is 0 Å². The summed E-state index contributed by atoms with van der Waals surface area (Å²) in [7, 11) is 1.54. The van der Waals surface area contributed by atoms with Gasteiger partial charge in [0, 0.05) is 24.1 Å². The van der Waals surface area contributed by atoms with E-state index in [2.05, 4.69) is 26.6 Å². The van der Waals surface area contributed by atoms with Crippen LogP contribution in [0.4, 0.5) is 10.1 Å². The Hall–Kier alpha value is -2.15. The van der Waals surface area contributed by atoms with Crippen LogP contribution in [-0.2, 0) is 6.54 Å². The lowest BCUT2D eigenvalue weighted by molar-refractivity contribution is 0.0961. The number of rotatable bonds is 3. The van der Waals surface area contributed by atoms with Crippen molar-refractivity contribution in [3.05, 3.63) is 62.2 Å². The fourth-order valence-electron chi connectivity index (χ4n) is 2.86. The van der Waals surface area contributed by atoms with E-state index in [1.165, 1.54) is 25.2 Å². The highest BCUT2D eigenvalue weighted by Gasteiger charge is 2.29. The van der Waals surface area contributed by atoms with Gasteiger partial charge in [-0.2, -0.15) is 0 Å². The van der Waals surface area contributed by atoms with Crippen LogP contribution >= 0.6 is 15.9 Å². The maximum atomic E-state index is 14.0. The van der Waals surface area contributed by atoms with E-state index >= 15 is 0 Å². The van der Waals surface area contributed by atoms with Gasteiger partial charge in [0.2, 0.25) is 0 Å². The number of hydrogen-bond donors (Lipinski definition) is 2. The van der Waals surface area contributed by atoms with Crippen LogP contribution in [-0.4, -0.2) is 17.5 Å². The highest BCUT2D eigenvalue weighted by molar-refractivity contribution is 9.10. The van der Waals surface area contributed by atoms with Crippen LogP contribution in [0, 0.1) is 5.82 Å². The molecule has 7 heteroatoms. The second-order valence-corrected chi connectivity index (χ2v) is 6.23. The molecule has 2 N–H and O–H groups in total. The summed E-state index contributed by atoms with van der Waals surface area (Å²) in [6.45, 7) is 0.495. The number of amides is 1. The molecule has 3 rings (SSSR count). The third-order valence-corrected chi connectivity index (χ3v) is 4.42. The predicted octanol–water partition coefficient (Wildman–Crippen LogP) is 2.67. The number of pyridine rings is 1. The number of hydrogen-bond acceptors (Lipinski definition) is 3. The zero-order valence-corrected chi connectivity index (χ0v) is 14.0. The summed E-state index contributed by atoms with van der Waals surface area (Å²) in [6.07, 6.45) is 0.610. The second kappa shape index (κ2) is 6.16. The van der Waals surface area contributed by atoms with Gasteiger partial charge in [0.25, 0.3) is 11.5 Å². The van der Waals surface area contributed by atoms with Crippen LogP contribution in [0.15, 0.2) is 39.6 Å². The normalized spacial score (nSPS) is 16.0. The number of carbonyl (C=O) groups is 1. The van der Waals surface area contributed by atoms with Crippen molar-refractivity contribution in [3.8, 4) is 0 Å². The van der Waals surface area contributed by atoms with Gasteiger partial charge in [0.05, 0.1) is 23.0 Å². The molecule has 120 valence electrons. The fourth-order valence-corrected chi connectivity index (χ4v) is 3.19. The van der Waals surface area contributed by atoms with Gasteiger partial charge >= 0.3 is 0 Å². The van der Waals surface area contributed by atoms with Gasteiger partial charge in [-0.25, -0.2) is 4.39 Å². The van der Waals surface area contributed by atoms with Gasteiger partial charge in [0.1, 0.15) is 5.82 Å². The Bertz CT molecular complexity index is 835. The minimum absolute atomic E-state index is 0.159. The lowest BCUT2D eigenvalue weighted by Gasteiger charge is -2.18. The molecule has 0 saturated carbocycles. The summed E-state index contributed by atoms with van der Waals surface area (Å²) in [5.74, 6) is -0.656. The van der Waals surface area contributed by atoms with Crippen LogP contribution < -0.4 is 16.2 Å². The Morgan fingerprint density at radius 2 is 2.13 bits per heavy atom. The van der Waals surface area contributed by atoms with E-state index in [-0.39, 0.29) is 17.5 Å². The number of fused-ring (bicyclic) bond motifs is 1. The topological polar surface area (TPSA) is 63.1 Å². The molecule has 1 atom stereocenters. The minimum Gasteiger partial charge on any atom is -0.374 e. The van der Waals surface area contributed by atoms with Crippen molar-refractivity contribution in [2.24, 2.45) is 0 Å². The quantitative estimate of drug-likeness (QED) is 0.861. The molecule has 0 spiro atoms. The molecule has 0 bridgehead atoms. The molecule has 1 aromatic heterocycles. The smallest absolute Gasteiger partial charge is 0.252 e. The number of carbonyl (C=O) groups excluding carboxylic acids is 1. The van der Waals surface area contributed by atoms with E-state index in [4.69, 9.17) is 0 Å². The standard InChI is InChI=1S/C16H15BrFN3O2/c1-19-16(23)10-3-5-14(22)21-7-6-13(15(10)21)20-12-4-2-9(17)8-11(12)18/h2-5,8,13,20H,6-7H2,1H3,(H,19,23). The number of aromatic nitrogens is 1. The first kappa shape index (κ1) is 15.7. The van der Waals surface area contributed by atoms with Crippen molar-refractivity contribution in [1.82, 2.24) is 9.88 Å². The summed E-state index contributed by atoms with van der Waals surface area (Å²) >= 11 is 3.22. The van der Waals surface area contributed by atoms with Crippen LogP contribution in [0.3, 0.4) is 0 Å². The highest BCUT2D eigenvalue weighted by Crippen LogP contribution is 2.32. The SMILES string of the molecule is CNC(=O)c1ccc(=O)n2c1C(Nc1ccc(Br)cc1F)CC2. The highest BCUT2D eigenvalue weighted by atomic mass is 79.9. The first-order chi connectivity index (χ1) is 11.0. The third kappa shape index (κ3) is 2.88. The van der Waals surface area contributed by atoms with E-state index in [0.29, 0.717) is 34.4 Å². The van der Waals surface area contributed by atoms with Crippen molar-refractivity contribution in [3.63, 3.8) is 0 Å². The Kier molecular flexibility index (Phi) is 4.21. The van der Waals surface area contributed by atoms with E-state index in [1.54, 1.807) is 16.7 Å². The molecule has 2 heterocycles. The molecular weight excluding hydrogens is 365 g/mol. The first-order valence-electron chi connectivity index (χ1n) is 7.18. The van der Waals surface area contributed by atoms with Crippen LogP contribution in [0.25, 0.3) is 0 Å². The van der Waals surface area contributed by atoms with Gasteiger partial charge in [-0.1, -0.05) is 15.9 Å². The Balaban J connectivity index is 2.02. The van der Waals surface area contributed by atoms with Gasteiger partial charge in [0.15, 0.2) is 0 Å². The molecule has 0 aliphatic carbocycles. The second-order valence-electron chi connectivity index (χ2n) is 5.31. The molecule has 1 aromatic carbocycles. The summed E-state index contributed by atoms with van der Waals surface area (Å²) < 4.78 is 16.3. The van der Waals surface area contributed by atoms with Crippen molar-refractivity contribution >= 4 is 27.5 Å². The molecule has 1 aliphatic heterocycles.